The van der Waals surface area contributed by atoms with Crippen molar-refractivity contribution in [2.24, 2.45) is 11.1 Å². The SMILES string of the molecule is CN(c1ncnc2c1ccn2SI)C1CC2(CC(N)C2)C1. The van der Waals surface area contributed by atoms with Crippen LogP contribution in [0.2, 0.25) is 0 Å². The van der Waals surface area contributed by atoms with Gasteiger partial charge < -0.3 is 10.6 Å². The highest BCUT2D eigenvalue weighted by atomic mass is 127. The third kappa shape index (κ3) is 2.16. The van der Waals surface area contributed by atoms with Crippen molar-refractivity contribution < 1.29 is 0 Å². The number of nitrogens with zero attached hydrogens (tertiary/aromatic N) is 4. The van der Waals surface area contributed by atoms with Gasteiger partial charge in [-0.05, 0) is 37.2 Å². The maximum Gasteiger partial charge on any atom is 0.156 e. The van der Waals surface area contributed by atoms with Gasteiger partial charge in [-0.15, -0.1) is 0 Å². The molecule has 0 unspecified atom stereocenters. The average Bonchev–Trinajstić information content (AvgIpc) is 2.83. The first-order valence-electron chi connectivity index (χ1n) is 7.21. The van der Waals surface area contributed by atoms with Gasteiger partial charge in [0, 0.05) is 55.7 Å². The summed E-state index contributed by atoms with van der Waals surface area (Å²) in [6.45, 7) is 0. The van der Waals surface area contributed by atoms with Crippen LogP contribution in [0.4, 0.5) is 5.82 Å². The monoisotopic (exact) mass is 415 g/mol. The lowest BCUT2D eigenvalue weighted by Crippen LogP contribution is -2.59. The molecule has 112 valence electrons. The van der Waals surface area contributed by atoms with Crippen LogP contribution < -0.4 is 10.6 Å². The van der Waals surface area contributed by atoms with Gasteiger partial charge in [0.2, 0.25) is 0 Å². The Hall–Kier alpha value is -0.540. The lowest BCUT2D eigenvalue weighted by atomic mass is 9.52. The van der Waals surface area contributed by atoms with Gasteiger partial charge >= 0.3 is 0 Å². The topological polar surface area (TPSA) is 60.0 Å². The molecule has 4 rings (SSSR count). The van der Waals surface area contributed by atoms with Crippen LogP contribution in [0.3, 0.4) is 0 Å². The number of aromatic nitrogens is 3. The van der Waals surface area contributed by atoms with Gasteiger partial charge in [-0.25, -0.2) is 9.97 Å². The first-order chi connectivity index (χ1) is 10.1. The van der Waals surface area contributed by atoms with E-state index in [2.05, 4.69) is 59.4 Å². The minimum Gasteiger partial charge on any atom is -0.356 e. The van der Waals surface area contributed by atoms with Crippen molar-refractivity contribution in [1.29, 1.82) is 0 Å². The van der Waals surface area contributed by atoms with Crippen LogP contribution in [0, 0.1) is 5.41 Å². The zero-order chi connectivity index (χ0) is 14.6. The van der Waals surface area contributed by atoms with E-state index in [9.17, 15) is 0 Å². The van der Waals surface area contributed by atoms with Crippen LogP contribution in [0.5, 0.6) is 0 Å². The maximum absolute atomic E-state index is 5.95. The number of rotatable bonds is 3. The van der Waals surface area contributed by atoms with Gasteiger partial charge in [-0.1, -0.05) is 0 Å². The number of halogens is 1. The van der Waals surface area contributed by atoms with Gasteiger partial charge in [0.1, 0.15) is 12.1 Å². The molecule has 1 spiro atoms. The van der Waals surface area contributed by atoms with Crippen molar-refractivity contribution in [3.8, 4) is 0 Å². The molecule has 2 aromatic rings. The van der Waals surface area contributed by atoms with E-state index in [1.165, 1.54) is 25.7 Å². The van der Waals surface area contributed by atoms with E-state index in [4.69, 9.17) is 5.73 Å². The summed E-state index contributed by atoms with van der Waals surface area (Å²) in [5, 5.41) is 1.13. The van der Waals surface area contributed by atoms with Crippen molar-refractivity contribution in [3.63, 3.8) is 0 Å². The summed E-state index contributed by atoms with van der Waals surface area (Å²) in [6, 6.07) is 3.14. The summed E-state index contributed by atoms with van der Waals surface area (Å²) < 4.78 is 2.07. The first kappa shape index (κ1) is 14.1. The fourth-order valence-corrected chi connectivity index (χ4v) is 5.30. The van der Waals surface area contributed by atoms with Gasteiger partial charge in [0.05, 0.1) is 5.39 Å². The molecular weight excluding hydrogens is 397 g/mol. The second-order valence-corrected chi connectivity index (χ2v) is 8.20. The Morgan fingerprint density at radius 3 is 2.81 bits per heavy atom. The molecule has 0 bridgehead atoms. The Morgan fingerprint density at radius 1 is 1.38 bits per heavy atom. The fraction of sp³-hybridized carbons (Fsp3) is 0.571. The van der Waals surface area contributed by atoms with Gasteiger partial charge in [0.15, 0.2) is 5.65 Å². The molecule has 0 radical (unpaired) electrons. The van der Waals surface area contributed by atoms with Crippen molar-refractivity contribution >= 4 is 47.2 Å². The summed E-state index contributed by atoms with van der Waals surface area (Å²) in [7, 11) is 3.79. The molecule has 0 aliphatic heterocycles. The third-order valence-corrected chi connectivity index (χ3v) is 6.83. The number of hydrogen-bond acceptors (Lipinski definition) is 5. The molecular formula is C14H18IN5S. The van der Waals surface area contributed by atoms with Crippen LogP contribution in [-0.2, 0) is 0 Å². The normalized spacial score (nSPS) is 31.2. The molecule has 0 aromatic carbocycles. The molecule has 21 heavy (non-hydrogen) atoms. The van der Waals surface area contributed by atoms with Crippen LogP contribution in [0.25, 0.3) is 11.0 Å². The minimum atomic E-state index is 0.441. The minimum absolute atomic E-state index is 0.441. The van der Waals surface area contributed by atoms with E-state index in [0.717, 1.165) is 16.9 Å². The number of anilines is 1. The quantitative estimate of drug-likeness (QED) is 0.782. The van der Waals surface area contributed by atoms with E-state index in [0.29, 0.717) is 17.5 Å². The number of nitrogens with two attached hydrogens (primary N) is 1. The van der Waals surface area contributed by atoms with Crippen molar-refractivity contribution in [2.75, 3.05) is 11.9 Å². The van der Waals surface area contributed by atoms with Crippen molar-refractivity contribution in [2.45, 2.75) is 37.8 Å². The molecule has 2 heterocycles. The smallest absolute Gasteiger partial charge is 0.156 e. The summed E-state index contributed by atoms with van der Waals surface area (Å²) in [4.78, 5) is 11.3. The maximum atomic E-state index is 5.95. The molecule has 7 heteroatoms. The van der Waals surface area contributed by atoms with Crippen LogP contribution in [-0.4, -0.2) is 33.1 Å². The molecule has 5 nitrogen and oxygen atoms in total. The van der Waals surface area contributed by atoms with E-state index in [1.807, 2.05) is 0 Å². The highest BCUT2D eigenvalue weighted by Crippen LogP contribution is 2.56. The molecule has 2 aliphatic rings. The molecule has 2 aliphatic carbocycles. The molecule has 0 saturated heterocycles. The fourth-order valence-electron chi connectivity index (χ4n) is 4.02. The third-order valence-electron chi connectivity index (χ3n) is 5.11. The first-order valence-corrected chi connectivity index (χ1v) is 10.5. The van der Waals surface area contributed by atoms with Crippen LogP contribution >= 0.6 is 30.3 Å². The van der Waals surface area contributed by atoms with E-state index >= 15 is 0 Å². The predicted molar refractivity (Wildman–Crippen MR) is 95.6 cm³/mol. The zero-order valence-electron chi connectivity index (χ0n) is 11.9. The lowest BCUT2D eigenvalue weighted by Gasteiger charge is -2.59. The Kier molecular flexibility index (Phi) is 3.34. The molecule has 0 atom stereocenters. The van der Waals surface area contributed by atoms with Gasteiger partial charge in [-0.2, -0.15) is 0 Å². The molecule has 2 fully saturated rings. The Labute approximate surface area is 140 Å². The number of fused-ring (bicyclic) bond motifs is 1. The van der Waals surface area contributed by atoms with Crippen molar-refractivity contribution in [3.05, 3.63) is 18.6 Å². The van der Waals surface area contributed by atoms with Gasteiger partial charge in [-0.3, -0.25) is 3.97 Å². The second kappa shape index (κ2) is 4.99. The summed E-state index contributed by atoms with van der Waals surface area (Å²) in [6.07, 6.45) is 8.65. The van der Waals surface area contributed by atoms with Crippen LogP contribution in [0.1, 0.15) is 25.7 Å². The standard InChI is InChI=1S/C14H18IN5S/c1-19(10-6-14(7-10)4-9(16)5-14)12-11-2-3-20(21-15)13(11)18-8-17-12/h2-3,8-10H,4-7,16H2,1H3. The zero-order valence-corrected chi connectivity index (χ0v) is 14.8. The van der Waals surface area contributed by atoms with E-state index < -0.39 is 0 Å². The average molecular weight is 415 g/mol. The highest BCUT2D eigenvalue weighted by molar-refractivity contribution is 14.2. The molecule has 2 N–H and O–H groups in total. The summed E-state index contributed by atoms with van der Waals surface area (Å²) in [5.74, 6) is 1.05. The second-order valence-electron chi connectivity index (χ2n) is 6.49. The molecule has 2 saturated carbocycles. The van der Waals surface area contributed by atoms with Crippen molar-refractivity contribution in [1.82, 2.24) is 13.9 Å². The Balaban J connectivity index is 1.58. The van der Waals surface area contributed by atoms with Gasteiger partial charge in [0.25, 0.3) is 0 Å². The Bertz CT molecular complexity index is 673. The summed E-state index contributed by atoms with van der Waals surface area (Å²) in [5.41, 5.74) is 7.49. The molecule has 0 amide bonds. The largest absolute Gasteiger partial charge is 0.356 e. The molecule has 2 aromatic heterocycles. The van der Waals surface area contributed by atoms with E-state index in [-0.39, 0.29) is 0 Å². The Morgan fingerprint density at radius 2 is 2.14 bits per heavy atom. The summed E-state index contributed by atoms with van der Waals surface area (Å²) >= 11 is 2.27. The van der Waals surface area contributed by atoms with E-state index in [1.54, 1.807) is 15.4 Å². The van der Waals surface area contributed by atoms with Crippen LogP contribution in [0.15, 0.2) is 18.6 Å². The number of hydrogen-bond donors (Lipinski definition) is 1. The highest BCUT2D eigenvalue weighted by Gasteiger charge is 2.53. The lowest BCUT2D eigenvalue weighted by molar-refractivity contribution is -0.00682. The predicted octanol–water partition coefficient (Wildman–Crippen LogP) is 2.98.